The monoisotopic (exact) mass is 272 g/mol. The van der Waals surface area contributed by atoms with Gasteiger partial charge in [-0.3, -0.25) is 0 Å². The lowest BCUT2D eigenvalue weighted by molar-refractivity contribution is -0.221. The highest BCUT2D eigenvalue weighted by Crippen LogP contribution is 2.56. The molecule has 0 unspecified atom stereocenters. The smallest absolute Gasteiger partial charge is 0.0679 e. The zero-order valence-corrected chi connectivity index (χ0v) is 12.2. The van der Waals surface area contributed by atoms with Crippen LogP contribution in [0.2, 0.25) is 0 Å². The van der Waals surface area contributed by atoms with Gasteiger partial charge in [-0.05, 0) is 44.4 Å². The summed E-state index contributed by atoms with van der Waals surface area (Å²) in [7, 11) is 0. The molecule has 0 bridgehead atoms. The first-order valence-corrected chi connectivity index (χ1v) is 7.43. The highest BCUT2D eigenvalue weighted by atomic mass is 16.3. The largest absolute Gasteiger partial charge is 0.396 e. The lowest BCUT2D eigenvalue weighted by Crippen LogP contribution is -2.63. The summed E-state index contributed by atoms with van der Waals surface area (Å²) >= 11 is 0. The van der Waals surface area contributed by atoms with Crippen molar-refractivity contribution in [2.45, 2.75) is 64.3 Å². The van der Waals surface area contributed by atoms with E-state index in [9.17, 15) is 20.4 Å². The number of hydrogen-bond donors (Lipinski definition) is 4. The molecule has 0 aliphatic heterocycles. The predicted octanol–water partition coefficient (Wildman–Crippen LogP) is 0.914. The molecule has 0 saturated heterocycles. The number of aliphatic hydroxyl groups is 4. The van der Waals surface area contributed by atoms with Gasteiger partial charge >= 0.3 is 0 Å². The van der Waals surface area contributed by atoms with Crippen molar-refractivity contribution in [1.82, 2.24) is 0 Å². The van der Waals surface area contributed by atoms with Gasteiger partial charge in [0.25, 0.3) is 0 Å². The van der Waals surface area contributed by atoms with E-state index in [0.717, 1.165) is 12.8 Å². The van der Waals surface area contributed by atoms with E-state index in [1.165, 1.54) is 0 Å². The number of hydrogen-bond acceptors (Lipinski definition) is 4. The van der Waals surface area contributed by atoms with Gasteiger partial charge < -0.3 is 20.4 Å². The van der Waals surface area contributed by atoms with Crippen LogP contribution in [0, 0.1) is 23.2 Å². The van der Waals surface area contributed by atoms with Crippen LogP contribution >= 0.6 is 0 Å². The van der Waals surface area contributed by atoms with E-state index in [1.54, 1.807) is 6.92 Å². The highest BCUT2D eigenvalue weighted by Gasteiger charge is 2.59. The van der Waals surface area contributed by atoms with E-state index < -0.39 is 23.2 Å². The Hall–Kier alpha value is -0.160. The number of fused-ring (bicyclic) bond motifs is 1. The number of rotatable bonds is 2. The maximum absolute atomic E-state index is 10.7. The van der Waals surface area contributed by atoms with E-state index in [0.29, 0.717) is 12.8 Å². The van der Waals surface area contributed by atoms with Gasteiger partial charge in [-0.15, -0.1) is 0 Å². The van der Waals surface area contributed by atoms with Crippen molar-refractivity contribution in [1.29, 1.82) is 0 Å². The lowest BCUT2D eigenvalue weighted by Gasteiger charge is -2.58. The molecule has 4 heteroatoms. The SMILES string of the molecule is C[C@H](CO)[C@@H]1CC[C@@]2(C)[C@H](O)CC[C@@](C)(O)[C@@H]2[C@H]1O. The fourth-order valence-corrected chi connectivity index (χ4v) is 4.56. The first-order chi connectivity index (χ1) is 8.74. The van der Waals surface area contributed by atoms with Crippen LogP contribution in [0.5, 0.6) is 0 Å². The second-order valence-electron chi connectivity index (χ2n) is 7.25. The Morgan fingerprint density at radius 2 is 1.79 bits per heavy atom. The van der Waals surface area contributed by atoms with Gasteiger partial charge in [0.05, 0.1) is 17.8 Å². The van der Waals surface area contributed by atoms with Gasteiger partial charge in [0, 0.05) is 17.9 Å². The molecule has 19 heavy (non-hydrogen) atoms. The molecule has 0 radical (unpaired) electrons. The van der Waals surface area contributed by atoms with Gasteiger partial charge in [-0.2, -0.15) is 0 Å². The number of aliphatic hydroxyl groups excluding tert-OH is 3. The van der Waals surface area contributed by atoms with Crippen LogP contribution in [0.3, 0.4) is 0 Å². The van der Waals surface area contributed by atoms with Crippen LogP contribution in [0.1, 0.15) is 46.5 Å². The molecular weight excluding hydrogens is 244 g/mol. The van der Waals surface area contributed by atoms with Gasteiger partial charge in [0.2, 0.25) is 0 Å². The molecule has 2 fully saturated rings. The second-order valence-corrected chi connectivity index (χ2v) is 7.25. The van der Waals surface area contributed by atoms with E-state index in [2.05, 4.69) is 0 Å². The summed E-state index contributed by atoms with van der Waals surface area (Å²) < 4.78 is 0. The third kappa shape index (κ3) is 2.33. The molecule has 0 amide bonds. The van der Waals surface area contributed by atoms with E-state index in [1.807, 2.05) is 13.8 Å². The molecule has 0 heterocycles. The minimum Gasteiger partial charge on any atom is -0.396 e. The topological polar surface area (TPSA) is 80.9 Å². The average Bonchev–Trinajstić information content (AvgIpc) is 2.33. The summed E-state index contributed by atoms with van der Waals surface area (Å²) in [6.45, 7) is 5.75. The minimum atomic E-state index is -0.943. The van der Waals surface area contributed by atoms with Crippen molar-refractivity contribution in [3.05, 3.63) is 0 Å². The molecule has 0 aromatic heterocycles. The summed E-state index contributed by atoms with van der Waals surface area (Å²) in [5.41, 5.74) is -1.37. The van der Waals surface area contributed by atoms with Crippen molar-refractivity contribution >= 4 is 0 Å². The van der Waals surface area contributed by atoms with Crippen molar-refractivity contribution in [2.24, 2.45) is 23.2 Å². The molecule has 0 aromatic carbocycles. The Bertz CT molecular complexity index is 330. The molecular formula is C15H28O4. The Balaban J connectivity index is 2.32. The Morgan fingerprint density at radius 1 is 1.16 bits per heavy atom. The summed E-state index contributed by atoms with van der Waals surface area (Å²) in [5, 5.41) is 41.0. The maximum Gasteiger partial charge on any atom is 0.0679 e. The molecule has 7 atom stereocenters. The molecule has 2 saturated carbocycles. The fraction of sp³-hybridized carbons (Fsp3) is 1.00. The zero-order chi connectivity index (χ0) is 14.4. The quantitative estimate of drug-likeness (QED) is 0.602. The molecule has 0 spiro atoms. The van der Waals surface area contributed by atoms with Crippen LogP contribution in [-0.4, -0.2) is 44.8 Å². The van der Waals surface area contributed by atoms with Crippen molar-refractivity contribution in [3.63, 3.8) is 0 Å². The van der Waals surface area contributed by atoms with Crippen LogP contribution in [-0.2, 0) is 0 Å². The maximum atomic E-state index is 10.7. The van der Waals surface area contributed by atoms with Gasteiger partial charge in [0.15, 0.2) is 0 Å². The van der Waals surface area contributed by atoms with Crippen molar-refractivity contribution < 1.29 is 20.4 Å². The average molecular weight is 272 g/mol. The van der Waals surface area contributed by atoms with Gasteiger partial charge in [-0.25, -0.2) is 0 Å². The highest BCUT2D eigenvalue weighted by molar-refractivity contribution is 5.09. The summed E-state index contributed by atoms with van der Waals surface area (Å²) in [6.07, 6.45) is 1.58. The van der Waals surface area contributed by atoms with E-state index in [4.69, 9.17) is 0 Å². The third-order valence-electron chi connectivity index (χ3n) is 5.88. The van der Waals surface area contributed by atoms with E-state index in [-0.39, 0.29) is 24.4 Å². The van der Waals surface area contributed by atoms with Crippen LogP contribution in [0.25, 0.3) is 0 Å². The van der Waals surface area contributed by atoms with Crippen LogP contribution < -0.4 is 0 Å². The third-order valence-corrected chi connectivity index (χ3v) is 5.88. The standard InChI is InChI=1S/C15H28O4/c1-9(8-16)10-4-6-14(2)11(17)5-7-15(3,19)13(14)12(10)18/h9-13,16-19H,4-8H2,1-3H3/t9-,10+,11-,12+,13-,14+,15-/m1/s1. The summed E-state index contributed by atoms with van der Waals surface area (Å²) in [6, 6.07) is 0. The normalized spacial score (nSPS) is 52.6. The molecule has 4 nitrogen and oxygen atoms in total. The zero-order valence-electron chi connectivity index (χ0n) is 12.2. The van der Waals surface area contributed by atoms with Gasteiger partial charge in [-0.1, -0.05) is 13.8 Å². The fourth-order valence-electron chi connectivity index (χ4n) is 4.56. The molecule has 0 aromatic rings. The predicted molar refractivity (Wildman–Crippen MR) is 72.4 cm³/mol. The van der Waals surface area contributed by atoms with E-state index >= 15 is 0 Å². The lowest BCUT2D eigenvalue weighted by atomic mass is 9.50. The molecule has 112 valence electrons. The van der Waals surface area contributed by atoms with Crippen molar-refractivity contribution in [3.8, 4) is 0 Å². The van der Waals surface area contributed by atoms with Crippen molar-refractivity contribution in [2.75, 3.05) is 6.61 Å². The first-order valence-electron chi connectivity index (χ1n) is 7.43. The Morgan fingerprint density at radius 3 is 2.37 bits per heavy atom. The molecule has 2 aliphatic carbocycles. The first kappa shape index (κ1) is 15.2. The molecule has 4 N–H and O–H groups in total. The minimum absolute atomic E-state index is 0.000139. The molecule has 2 rings (SSSR count). The van der Waals surface area contributed by atoms with Gasteiger partial charge in [0.1, 0.15) is 0 Å². The van der Waals surface area contributed by atoms with Crippen LogP contribution in [0.4, 0.5) is 0 Å². The molecule has 2 aliphatic rings. The van der Waals surface area contributed by atoms with Crippen LogP contribution in [0.15, 0.2) is 0 Å². The second kappa shape index (κ2) is 4.99. The summed E-state index contributed by atoms with van der Waals surface area (Å²) in [5.74, 6) is -0.300. The Kier molecular flexibility index (Phi) is 4.00. The summed E-state index contributed by atoms with van der Waals surface area (Å²) in [4.78, 5) is 0. The Labute approximate surface area is 115 Å².